The highest BCUT2D eigenvalue weighted by molar-refractivity contribution is 6.08. The van der Waals surface area contributed by atoms with Crippen molar-refractivity contribution in [3.8, 4) is 5.75 Å². The van der Waals surface area contributed by atoms with Crippen LogP contribution < -0.4 is 4.74 Å². The number of rotatable bonds is 6. The van der Waals surface area contributed by atoms with Crippen molar-refractivity contribution in [2.24, 2.45) is 0 Å². The Balaban J connectivity index is 1.08. The molecule has 4 heterocycles. The number of aromatic nitrogens is 2. The van der Waals surface area contributed by atoms with Gasteiger partial charge in [0, 0.05) is 53.7 Å². The van der Waals surface area contributed by atoms with Gasteiger partial charge >= 0.3 is 0 Å². The van der Waals surface area contributed by atoms with Crippen LogP contribution in [0.25, 0.3) is 21.8 Å². The fraction of sp³-hybridized carbons (Fsp3) is 0.357. The van der Waals surface area contributed by atoms with Crippen LogP contribution in [0.15, 0.2) is 48.8 Å². The Morgan fingerprint density at radius 3 is 2.39 bits per heavy atom. The first-order valence-corrected chi connectivity index (χ1v) is 12.5. The predicted molar refractivity (Wildman–Crippen MR) is 136 cm³/mol. The minimum Gasteiger partial charge on any atom is -0.497 e. The number of hydrogen-bond acceptors (Lipinski definition) is 4. The highest BCUT2D eigenvalue weighted by Crippen LogP contribution is 2.36. The molecule has 2 saturated heterocycles. The minimum atomic E-state index is -0.558. The Morgan fingerprint density at radius 1 is 0.944 bits per heavy atom. The van der Waals surface area contributed by atoms with Gasteiger partial charge in [-0.2, -0.15) is 0 Å². The second-order valence-corrected chi connectivity index (χ2v) is 9.85. The number of piperidine rings is 1. The summed E-state index contributed by atoms with van der Waals surface area (Å²) in [6.45, 7) is 2.90. The molecule has 0 spiro atoms. The molecule has 0 aliphatic carbocycles. The molecule has 0 saturated carbocycles. The Morgan fingerprint density at radius 2 is 1.64 bits per heavy atom. The maximum atomic E-state index is 13.8. The van der Waals surface area contributed by atoms with E-state index in [9.17, 15) is 14.0 Å². The molecule has 36 heavy (non-hydrogen) atoms. The Labute approximate surface area is 208 Å². The highest BCUT2D eigenvalue weighted by atomic mass is 19.1. The summed E-state index contributed by atoms with van der Waals surface area (Å²) in [7, 11) is 1.68. The van der Waals surface area contributed by atoms with Crippen LogP contribution in [0, 0.1) is 5.82 Å². The molecular formula is C28H29FN4O3. The first-order valence-electron chi connectivity index (χ1n) is 12.5. The van der Waals surface area contributed by atoms with E-state index in [2.05, 4.69) is 33.2 Å². The molecule has 8 heteroatoms. The van der Waals surface area contributed by atoms with Crippen LogP contribution in [-0.2, 0) is 9.59 Å². The standard InChI is InChI=1S/C28H29FN4O3/c1-36-19-3-5-26-21(13-19)23(15-30-26)17-6-8-32(9-7-17)10-11-33-27(34)14-22(28(33)35)24-16-31-25-4-2-18(29)12-20(24)25/h2-5,12-13,15-17,22,30-31H,6-11,14H2,1H3. The van der Waals surface area contributed by atoms with Crippen molar-refractivity contribution in [2.45, 2.75) is 31.1 Å². The maximum absolute atomic E-state index is 13.8. The summed E-state index contributed by atoms with van der Waals surface area (Å²) in [5.41, 5.74) is 3.90. The van der Waals surface area contributed by atoms with Crippen molar-refractivity contribution < 1.29 is 18.7 Å². The second kappa shape index (κ2) is 9.09. The zero-order valence-electron chi connectivity index (χ0n) is 20.2. The lowest BCUT2D eigenvalue weighted by atomic mass is 9.89. The molecule has 2 aromatic carbocycles. The number of halogens is 1. The molecule has 2 aliphatic rings. The van der Waals surface area contributed by atoms with Crippen molar-refractivity contribution in [3.63, 3.8) is 0 Å². The summed E-state index contributed by atoms with van der Waals surface area (Å²) in [4.78, 5) is 36.1. The number of nitrogens with one attached hydrogen (secondary N) is 2. The monoisotopic (exact) mass is 488 g/mol. The van der Waals surface area contributed by atoms with Crippen molar-refractivity contribution in [1.82, 2.24) is 19.8 Å². The van der Waals surface area contributed by atoms with Gasteiger partial charge in [-0.1, -0.05) is 0 Å². The quantitative estimate of drug-likeness (QED) is 0.391. The largest absolute Gasteiger partial charge is 0.497 e. The summed E-state index contributed by atoms with van der Waals surface area (Å²) < 4.78 is 19.2. The summed E-state index contributed by atoms with van der Waals surface area (Å²) >= 11 is 0. The number of carbonyl (C=O) groups is 2. The molecule has 2 aromatic heterocycles. The van der Waals surface area contributed by atoms with E-state index < -0.39 is 5.92 Å². The van der Waals surface area contributed by atoms with Crippen LogP contribution in [-0.4, -0.2) is 64.9 Å². The highest BCUT2D eigenvalue weighted by Gasteiger charge is 2.40. The number of likely N-dealkylation sites (tertiary alicyclic amines) is 2. The van der Waals surface area contributed by atoms with Crippen molar-refractivity contribution in [1.29, 1.82) is 0 Å². The van der Waals surface area contributed by atoms with Gasteiger partial charge in [-0.05, 0) is 79.4 Å². The lowest BCUT2D eigenvalue weighted by Gasteiger charge is -2.32. The average molecular weight is 489 g/mol. The van der Waals surface area contributed by atoms with Crippen LogP contribution in [0.3, 0.4) is 0 Å². The van der Waals surface area contributed by atoms with E-state index in [0.717, 1.165) is 42.7 Å². The zero-order valence-corrected chi connectivity index (χ0v) is 20.2. The number of benzene rings is 2. The number of hydrogen-bond donors (Lipinski definition) is 2. The fourth-order valence-corrected chi connectivity index (χ4v) is 5.86. The molecule has 2 N–H and O–H groups in total. The van der Waals surface area contributed by atoms with E-state index in [1.165, 1.54) is 28.0 Å². The third-order valence-electron chi connectivity index (χ3n) is 7.88. The van der Waals surface area contributed by atoms with E-state index in [1.54, 1.807) is 19.4 Å². The molecule has 1 atom stereocenters. The molecule has 6 rings (SSSR count). The summed E-state index contributed by atoms with van der Waals surface area (Å²) in [6, 6.07) is 10.6. The molecule has 0 bridgehead atoms. The molecule has 0 radical (unpaired) electrons. The van der Waals surface area contributed by atoms with Crippen molar-refractivity contribution in [2.75, 3.05) is 33.3 Å². The normalized spacial score (nSPS) is 19.7. The van der Waals surface area contributed by atoms with Gasteiger partial charge < -0.3 is 19.6 Å². The van der Waals surface area contributed by atoms with E-state index in [-0.39, 0.29) is 24.1 Å². The molecule has 7 nitrogen and oxygen atoms in total. The third-order valence-corrected chi connectivity index (χ3v) is 7.88. The summed E-state index contributed by atoms with van der Waals surface area (Å²) in [5, 5.41) is 1.88. The second-order valence-electron chi connectivity index (χ2n) is 9.85. The summed E-state index contributed by atoms with van der Waals surface area (Å²) in [5.74, 6) is 0.0663. The number of ether oxygens (including phenoxy) is 1. The van der Waals surface area contributed by atoms with Crippen molar-refractivity contribution >= 4 is 33.6 Å². The molecule has 186 valence electrons. The number of methoxy groups -OCH3 is 1. The molecular weight excluding hydrogens is 459 g/mol. The van der Waals surface area contributed by atoms with Crippen LogP contribution >= 0.6 is 0 Å². The number of imide groups is 1. The zero-order chi connectivity index (χ0) is 24.8. The van der Waals surface area contributed by atoms with Gasteiger partial charge in [0.2, 0.25) is 11.8 Å². The average Bonchev–Trinajstić information content (AvgIpc) is 3.58. The van der Waals surface area contributed by atoms with Gasteiger partial charge in [-0.15, -0.1) is 0 Å². The first-order chi connectivity index (χ1) is 17.5. The van der Waals surface area contributed by atoms with E-state index >= 15 is 0 Å². The molecule has 2 fully saturated rings. The van der Waals surface area contributed by atoms with Crippen molar-refractivity contribution in [3.05, 3.63) is 65.7 Å². The van der Waals surface area contributed by atoms with Gasteiger partial charge in [0.1, 0.15) is 11.6 Å². The number of carbonyl (C=O) groups excluding carboxylic acids is 2. The first kappa shape index (κ1) is 22.8. The van der Waals surface area contributed by atoms with Crippen LogP contribution in [0.5, 0.6) is 5.75 Å². The number of H-pyrrole nitrogens is 2. The van der Waals surface area contributed by atoms with E-state index in [1.807, 2.05) is 6.07 Å². The SMILES string of the molecule is COc1ccc2[nH]cc(C3CCN(CCN4C(=O)CC(c5c[nH]c6ccc(F)cc56)C4=O)CC3)c2c1. The lowest BCUT2D eigenvalue weighted by molar-refractivity contribution is -0.139. The minimum absolute atomic E-state index is 0.133. The van der Waals surface area contributed by atoms with Gasteiger partial charge in [-0.3, -0.25) is 14.5 Å². The third kappa shape index (κ3) is 3.95. The smallest absolute Gasteiger partial charge is 0.237 e. The Bertz CT molecular complexity index is 1450. The fourth-order valence-electron chi connectivity index (χ4n) is 5.86. The topological polar surface area (TPSA) is 81.4 Å². The van der Waals surface area contributed by atoms with Gasteiger partial charge in [0.15, 0.2) is 0 Å². The van der Waals surface area contributed by atoms with Crippen LogP contribution in [0.4, 0.5) is 4.39 Å². The number of aromatic amines is 2. The van der Waals surface area contributed by atoms with Crippen LogP contribution in [0.1, 0.15) is 42.2 Å². The maximum Gasteiger partial charge on any atom is 0.237 e. The summed E-state index contributed by atoms with van der Waals surface area (Å²) in [6.07, 6.45) is 6.02. The van der Waals surface area contributed by atoms with E-state index in [0.29, 0.717) is 30.0 Å². The van der Waals surface area contributed by atoms with Crippen LogP contribution in [0.2, 0.25) is 0 Å². The predicted octanol–water partition coefficient (Wildman–Crippen LogP) is 4.52. The Hall–Kier alpha value is -3.65. The lowest BCUT2D eigenvalue weighted by Crippen LogP contribution is -2.41. The molecule has 1 unspecified atom stereocenters. The van der Waals surface area contributed by atoms with E-state index in [4.69, 9.17) is 4.74 Å². The number of fused-ring (bicyclic) bond motifs is 2. The van der Waals surface area contributed by atoms with Gasteiger partial charge in [0.25, 0.3) is 0 Å². The molecule has 2 aliphatic heterocycles. The molecule has 4 aromatic rings. The number of amides is 2. The number of nitrogens with zero attached hydrogens (tertiary/aromatic N) is 2. The Kier molecular flexibility index (Phi) is 5.76. The van der Waals surface area contributed by atoms with Gasteiger partial charge in [-0.25, -0.2) is 4.39 Å². The van der Waals surface area contributed by atoms with Gasteiger partial charge in [0.05, 0.1) is 13.0 Å². The molecule has 2 amide bonds.